The number of aromatic nitrogens is 2. The van der Waals surface area contributed by atoms with Gasteiger partial charge in [-0.05, 0) is 35.6 Å². The minimum Gasteiger partial charge on any atom is -0.508 e. The normalized spacial score (nSPS) is 14.5. The molecule has 7 atom stereocenters. The number of rotatable bonds is 24. The van der Waals surface area contributed by atoms with Gasteiger partial charge < -0.3 is 57.7 Å². The van der Waals surface area contributed by atoms with E-state index in [1.54, 1.807) is 44.2 Å². The van der Waals surface area contributed by atoms with Crippen molar-refractivity contribution in [3.8, 4) is 5.75 Å². The number of phenolic OH excluding ortho intramolecular Hbond substituents is 1. The van der Waals surface area contributed by atoms with Gasteiger partial charge in [-0.3, -0.25) is 33.6 Å². The number of aromatic hydroxyl groups is 1. The number of nitrogens with zero attached hydrogens (tertiary/aromatic N) is 1. The molecule has 7 unspecified atom stereocenters. The maximum Gasteiger partial charge on any atom is 0.326 e. The van der Waals surface area contributed by atoms with E-state index < -0.39 is 109 Å². The molecule has 3 rings (SSSR count). The van der Waals surface area contributed by atoms with Crippen molar-refractivity contribution in [2.75, 3.05) is 0 Å². The minimum absolute atomic E-state index is 0.0415. The number of benzene rings is 2. The SMILES string of the molecule is CCC(C)C(NC(=O)C(CCC(=O)O)NC(=O)C(Cc1ccccc1)NC(=O)C(Cc1ccc(O)cc1)NC(=O)C(N)Cc1cnc[nH]1)C(=O)NC(CC(=O)O)C(=O)O. The van der Waals surface area contributed by atoms with Crippen molar-refractivity contribution in [1.82, 2.24) is 36.6 Å². The Morgan fingerprint density at radius 1 is 0.678 bits per heavy atom. The van der Waals surface area contributed by atoms with Crippen LogP contribution in [0.4, 0.5) is 0 Å². The molecule has 3 aromatic rings. The molecule has 1 heterocycles. The number of carboxylic acids is 3. The number of hydrogen-bond acceptors (Lipinski definition) is 11. The van der Waals surface area contributed by atoms with Gasteiger partial charge in [-0.15, -0.1) is 0 Å². The van der Waals surface area contributed by atoms with Gasteiger partial charge in [0.1, 0.15) is 36.0 Å². The summed E-state index contributed by atoms with van der Waals surface area (Å²) in [6, 6.07) is 5.58. The quantitative estimate of drug-likeness (QED) is 0.0536. The third-order valence-corrected chi connectivity index (χ3v) is 9.32. The topological polar surface area (TPSA) is 332 Å². The molecule has 0 fully saturated rings. The summed E-state index contributed by atoms with van der Waals surface area (Å²) in [6.45, 7) is 3.24. The van der Waals surface area contributed by atoms with E-state index in [2.05, 4.69) is 36.6 Å². The summed E-state index contributed by atoms with van der Waals surface area (Å²) in [5, 5.41) is 50.2. The zero-order valence-corrected chi connectivity index (χ0v) is 32.4. The number of imidazole rings is 1. The lowest BCUT2D eigenvalue weighted by atomic mass is 9.96. The Balaban J connectivity index is 1.92. The highest BCUT2D eigenvalue weighted by Gasteiger charge is 2.35. The van der Waals surface area contributed by atoms with E-state index in [0.717, 1.165) is 0 Å². The first kappa shape index (κ1) is 46.6. The van der Waals surface area contributed by atoms with E-state index in [0.29, 0.717) is 16.8 Å². The number of hydrogen-bond donors (Lipinski definition) is 11. The first-order chi connectivity index (χ1) is 28.0. The molecule has 59 heavy (non-hydrogen) atoms. The highest BCUT2D eigenvalue weighted by molar-refractivity contribution is 5.97. The summed E-state index contributed by atoms with van der Waals surface area (Å²) in [4.78, 5) is 110. The molecule has 0 bridgehead atoms. The van der Waals surface area contributed by atoms with E-state index in [1.165, 1.54) is 36.8 Å². The number of aliphatic carboxylic acids is 3. The molecule has 12 N–H and O–H groups in total. The van der Waals surface area contributed by atoms with Crippen molar-refractivity contribution in [3.05, 3.63) is 83.9 Å². The van der Waals surface area contributed by atoms with E-state index in [-0.39, 0.29) is 31.4 Å². The van der Waals surface area contributed by atoms with Crippen molar-refractivity contribution >= 4 is 47.4 Å². The monoisotopic (exact) mass is 822 g/mol. The Hall–Kier alpha value is -6.83. The largest absolute Gasteiger partial charge is 0.508 e. The van der Waals surface area contributed by atoms with Crippen LogP contribution in [0.5, 0.6) is 5.75 Å². The standard InChI is InChI=1S/C39H50N8O12/c1-3-21(2)33(38(57)46-30(39(58)59)18-32(51)52)47-35(54)27(13-14-31(49)50)43-36(55)29(15-22-7-5-4-6-8-22)45-37(56)28(16-23-9-11-25(48)12-10-23)44-34(53)26(40)17-24-19-41-20-42-24/h4-12,19-21,26-30,33,48H,3,13-18,40H2,1-2H3,(H,41,42)(H,43,55)(H,44,53)(H,45,56)(H,46,57)(H,47,54)(H,49,50)(H,51,52)(H,58,59). The lowest BCUT2D eigenvalue weighted by molar-refractivity contribution is -0.147. The molecule has 0 saturated heterocycles. The van der Waals surface area contributed by atoms with Crippen molar-refractivity contribution in [1.29, 1.82) is 0 Å². The van der Waals surface area contributed by atoms with Crippen molar-refractivity contribution in [3.63, 3.8) is 0 Å². The third kappa shape index (κ3) is 15.6. The van der Waals surface area contributed by atoms with Gasteiger partial charge in [0.25, 0.3) is 0 Å². The van der Waals surface area contributed by atoms with Gasteiger partial charge in [0.05, 0.1) is 18.8 Å². The molecule has 2 aromatic carbocycles. The lowest BCUT2D eigenvalue weighted by Crippen LogP contribution is -2.60. The highest BCUT2D eigenvalue weighted by Crippen LogP contribution is 2.14. The number of aromatic amines is 1. The van der Waals surface area contributed by atoms with Gasteiger partial charge >= 0.3 is 17.9 Å². The zero-order chi connectivity index (χ0) is 43.6. The predicted octanol–water partition coefficient (Wildman–Crippen LogP) is -0.635. The Morgan fingerprint density at radius 2 is 1.22 bits per heavy atom. The molecule has 0 aliphatic heterocycles. The van der Waals surface area contributed by atoms with Crippen LogP contribution < -0.4 is 32.3 Å². The van der Waals surface area contributed by atoms with Crippen LogP contribution in [0.15, 0.2) is 67.1 Å². The average Bonchev–Trinajstić information content (AvgIpc) is 3.71. The number of amides is 5. The van der Waals surface area contributed by atoms with Gasteiger partial charge in [0.2, 0.25) is 29.5 Å². The van der Waals surface area contributed by atoms with Gasteiger partial charge in [0, 0.05) is 37.6 Å². The maximum atomic E-state index is 14.1. The van der Waals surface area contributed by atoms with Gasteiger partial charge in [-0.2, -0.15) is 0 Å². The van der Waals surface area contributed by atoms with Crippen molar-refractivity contribution < 1.29 is 58.8 Å². The lowest BCUT2D eigenvalue weighted by Gasteiger charge is -2.29. The maximum absolute atomic E-state index is 14.1. The first-order valence-electron chi connectivity index (χ1n) is 18.7. The third-order valence-electron chi connectivity index (χ3n) is 9.32. The first-order valence-corrected chi connectivity index (χ1v) is 18.7. The van der Waals surface area contributed by atoms with Crippen LogP contribution in [0.25, 0.3) is 0 Å². The molecule has 0 aliphatic carbocycles. The summed E-state index contributed by atoms with van der Waals surface area (Å²) in [5.41, 5.74) is 7.81. The summed E-state index contributed by atoms with van der Waals surface area (Å²) < 4.78 is 0. The van der Waals surface area contributed by atoms with E-state index in [1.807, 2.05) is 0 Å². The van der Waals surface area contributed by atoms with E-state index in [4.69, 9.17) is 10.8 Å². The second-order valence-electron chi connectivity index (χ2n) is 13.9. The molecule has 20 nitrogen and oxygen atoms in total. The molecule has 0 saturated carbocycles. The number of carbonyl (C=O) groups is 8. The van der Waals surface area contributed by atoms with Gasteiger partial charge in [-0.1, -0.05) is 62.7 Å². The van der Waals surface area contributed by atoms with Crippen LogP contribution in [0, 0.1) is 5.92 Å². The van der Waals surface area contributed by atoms with Crippen LogP contribution >= 0.6 is 0 Å². The molecule has 0 radical (unpaired) electrons. The summed E-state index contributed by atoms with van der Waals surface area (Å²) in [5.74, 6) is -9.64. The number of carbonyl (C=O) groups excluding carboxylic acids is 5. The molecule has 318 valence electrons. The van der Waals surface area contributed by atoms with Gasteiger partial charge in [0.15, 0.2) is 0 Å². The fraction of sp³-hybridized carbons (Fsp3) is 0.410. The molecule has 1 aromatic heterocycles. The fourth-order valence-corrected chi connectivity index (χ4v) is 5.81. The smallest absolute Gasteiger partial charge is 0.326 e. The predicted molar refractivity (Wildman–Crippen MR) is 208 cm³/mol. The molecule has 0 spiro atoms. The number of nitrogens with one attached hydrogen (secondary N) is 6. The average molecular weight is 823 g/mol. The molecular weight excluding hydrogens is 772 g/mol. The summed E-state index contributed by atoms with van der Waals surface area (Å²) in [7, 11) is 0. The number of phenols is 1. The minimum atomic E-state index is -1.83. The second kappa shape index (κ2) is 22.8. The van der Waals surface area contributed by atoms with Crippen molar-refractivity contribution in [2.45, 2.75) is 95.0 Å². The van der Waals surface area contributed by atoms with E-state index >= 15 is 0 Å². The molecule has 20 heteroatoms. The Kier molecular flexibility index (Phi) is 18.0. The summed E-state index contributed by atoms with van der Waals surface area (Å²) >= 11 is 0. The number of nitrogens with two attached hydrogens (primary N) is 1. The number of carboxylic acid groups (broad SMARTS) is 3. The Morgan fingerprint density at radius 3 is 1.75 bits per heavy atom. The highest BCUT2D eigenvalue weighted by atomic mass is 16.4. The number of H-pyrrole nitrogens is 1. The van der Waals surface area contributed by atoms with Crippen molar-refractivity contribution in [2.24, 2.45) is 11.7 Å². The molecule has 5 amide bonds. The molecular formula is C39H50N8O12. The Bertz CT molecular complexity index is 1910. The van der Waals surface area contributed by atoms with E-state index in [9.17, 15) is 53.7 Å². The fourth-order valence-electron chi connectivity index (χ4n) is 5.81. The van der Waals surface area contributed by atoms with Crippen LogP contribution in [-0.4, -0.2) is 114 Å². The van der Waals surface area contributed by atoms with Gasteiger partial charge in [-0.25, -0.2) is 9.78 Å². The zero-order valence-electron chi connectivity index (χ0n) is 32.4. The Labute approximate surface area is 338 Å². The molecule has 0 aliphatic rings. The van der Waals surface area contributed by atoms with Crippen LogP contribution in [0.1, 0.15) is 56.4 Å². The van der Waals surface area contributed by atoms with Crippen LogP contribution in [-0.2, 0) is 57.6 Å². The second-order valence-corrected chi connectivity index (χ2v) is 13.9. The van der Waals surface area contributed by atoms with Crippen LogP contribution in [0.2, 0.25) is 0 Å². The van der Waals surface area contributed by atoms with Crippen LogP contribution in [0.3, 0.4) is 0 Å². The summed E-state index contributed by atoms with van der Waals surface area (Å²) in [6.07, 6.45) is 0.952.